The zero-order chi connectivity index (χ0) is 18.0. The van der Waals surface area contributed by atoms with Crippen LogP contribution in [0.2, 0.25) is 0 Å². The summed E-state index contributed by atoms with van der Waals surface area (Å²) in [7, 11) is 0. The summed E-state index contributed by atoms with van der Waals surface area (Å²) in [5.41, 5.74) is 5.00. The molecule has 128 valence electrons. The van der Waals surface area contributed by atoms with E-state index in [4.69, 9.17) is 0 Å². The van der Waals surface area contributed by atoms with Gasteiger partial charge >= 0.3 is 5.97 Å². The molecule has 2 N–H and O–H groups in total. The Balaban J connectivity index is 2.33. The molecule has 5 nitrogen and oxygen atoms in total. The molecular weight excluding hydrogens is 304 g/mol. The molecule has 1 amide bonds. The van der Waals surface area contributed by atoms with Crippen molar-refractivity contribution in [2.45, 2.75) is 47.2 Å². The van der Waals surface area contributed by atoms with Gasteiger partial charge in [-0.2, -0.15) is 0 Å². The van der Waals surface area contributed by atoms with E-state index in [0.29, 0.717) is 11.1 Å². The normalized spacial score (nSPS) is 12.0. The number of hydrogen-bond donors (Lipinski definition) is 2. The third-order valence-electron chi connectivity index (χ3n) is 4.52. The van der Waals surface area contributed by atoms with Crippen molar-refractivity contribution in [3.05, 3.63) is 57.9 Å². The Morgan fingerprint density at radius 1 is 1.12 bits per heavy atom. The van der Waals surface area contributed by atoms with E-state index in [2.05, 4.69) is 5.32 Å². The van der Waals surface area contributed by atoms with Crippen molar-refractivity contribution >= 4 is 11.9 Å². The number of rotatable bonds is 5. The molecule has 1 aromatic carbocycles. The maximum absolute atomic E-state index is 12.6. The van der Waals surface area contributed by atoms with E-state index in [1.807, 2.05) is 51.3 Å². The highest BCUT2D eigenvalue weighted by Gasteiger charge is 2.25. The Kier molecular flexibility index (Phi) is 5.12. The SMILES string of the molecule is CCn1c(C)cc(C(=O)NC(C(=O)O)c2ccc(C)c(C)c2)c1C. The number of carbonyl (C=O) groups excluding carboxylic acids is 1. The Bertz CT molecular complexity index is 790. The molecule has 1 atom stereocenters. The molecule has 1 unspecified atom stereocenters. The van der Waals surface area contributed by atoms with Crippen LogP contribution in [-0.4, -0.2) is 21.6 Å². The first kappa shape index (κ1) is 17.8. The highest BCUT2D eigenvalue weighted by molar-refractivity contribution is 5.98. The molecule has 0 spiro atoms. The topological polar surface area (TPSA) is 71.3 Å². The molecule has 1 aromatic heterocycles. The molecular formula is C19H24N2O3. The molecule has 0 bridgehead atoms. The van der Waals surface area contributed by atoms with Gasteiger partial charge in [0.05, 0.1) is 5.56 Å². The van der Waals surface area contributed by atoms with E-state index in [1.165, 1.54) is 0 Å². The molecule has 5 heteroatoms. The summed E-state index contributed by atoms with van der Waals surface area (Å²) >= 11 is 0. The van der Waals surface area contributed by atoms with Crippen molar-refractivity contribution in [3.63, 3.8) is 0 Å². The molecule has 1 heterocycles. The lowest BCUT2D eigenvalue weighted by Gasteiger charge is -2.16. The number of benzene rings is 1. The van der Waals surface area contributed by atoms with Gasteiger partial charge in [0.2, 0.25) is 0 Å². The number of aryl methyl sites for hydroxylation is 3. The molecule has 2 rings (SSSR count). The minimum atomic E-state index is -1.07. The first-order chi connectivity index (χ1) is 11.3. The first-order valence-corrected chi connectivity index (χ1v) is 8.03. The summed E-state index contributed by atoms with van der Waals surface area (Å²) in [6, 6.07) is 6.16. The number of carboxylic acid groups (broad SMARTS) is 1. The second kappa shape index (κ2) is 6.91. The van der Waals surface area contributed by atoms with Gasteiger partial charge in [-0.15, -0.1) is 0 Å². The van der Waals surface area contributed by atoms with Gasteiger partial charge in [0, 0.05) is 17.9 Å². The monoisotopic (exact) mass is 328 g/mol. The fourth-order valence-corrected chi connectivity index (χ4v) is 2.96. The molecule has 0 aliphatic heterocycles. The first-order valence-electron chi connectivity index (χ1n) is 8.03. The predicted octanol–water partition coefficient (Wildman–Crippen LogP) is 3.30. The average Bonchev–Trinajstić information content (AvgIpc) is 2.81. The van der Waals surface area contributed by atoms with Crippen molar-refractivity contribution in [2.24, 2.45) is 0 Å². The smallest absolute Gasteiger partial charge is 0.330 e. The lowest BCUT2D eigenvalue weighted by atomic mass is 10.0. The van der Waals surface area contributed by atoms with Crippen LogP contribution in [-0.2, 0) is 11.3 Å². The highest BCUT2D eigenvalue weighted by atomic mass is 16.4. The molecule has 24 heavy (non-hydrogen) atoms. The number of carboxylic acids is 1. The van der Waals surface area contributed by atoms with Crippen molar-refractivity contribution in [1.29, 1.82) is 0 Å². The van der Waals surface area contributed by atoms with E-state index in [9.17, 15) is 14.7 Å². The summed E-state index contributed by atoms with van der Waals surface area (Å²) in [5, 5.41) is 12.2. The predicted molar refractivity (Wildman–Crippen MR) is 93.3 cm³/mol. The van der Waals surface area contributed by atoms with Gasteiger partial charge in [0.1, 0.15) is 0 Å². The van der Waals surface area contributed by atoms with Gasteiger partial charge in [-0.05, 0) is 57.4 Å². The highest BCUT2D eigenvalue weighted by Crippen LogP contribution is 2.20. The lowest BCUT2D eigenvalue weighted by molar-refractivity contribution is -0.139. The summed E-state index contributed by atoms with van der Waals surface area (Å²) < 4.78 is 2.03. The van der Waals surface area contributed by atoms with Gasteiger partial charge in [0.15, 0.2) is 6.04 Å². The molecule has 0 fully saturated rings. The summed E-state index contributed by atoms with van der Waals surface area (Å²) in [4.78, 5) is 24.3. The van der Waals surface area contributed by atoms with Crippen LogP contribution in [0, 0.1) is 27.7 Å². The summed E-state index contributed by atoms with van der Waals surface area (Å²) in [6.07, 6.45) is 0. The number of hydrogen-bond acceptors (Lipinski definition) is 2. The van der Waals surface area contributed by atoms with Crippen LogP contribution >= 0.6 is 0 Å². The van der Waals surface area contributed by atoms with E-state index in [1.54, 1.807) is 12.1 Å². The van der Waals surface area contributed by atoms with Gasteiger partial charge < -0.3 is 15.0 Å². The van der Waals surface area contributed by atoms with Gasteiger partial charge in [-0.3, -0.25) is 4.79 Å². The van der Waals surface area contributed by atoms with Crippen LogP contribution in [0.25, 0.3) is 0 Å². The maximum atomic E-state index is 12.6. The quantitative estimate of drug-likeness (QED) is 0.884. The second-order valence-corrected chi connectivity index (χ2v) is 6.12. The van der Waals surface area contributed by atoms with Gasteiger partial charge in [0.25, 0.3) is 5.91 Å². The fraction of sp³-hybridized carbons (Fsp3) is 0.368. The fourth-order valence-electron chi connectivity index (χ4n) is 2.96. The number of carbonyl (C=O) groups is 2. The Hall–Kier alpha value is -2.56. The van der Waals surface area contributed by atoms with E-state index < -0.39 is 12.0 Å². The van der Waals surface area contributed by atoms with E-state index in [0.717, 1.165) is 29.1 Å². The van der Waals surface area contributed by atoms with Crippen LogP contribution in [0.1, 0.15) is 51.4 Å². The lowest BCUT2D eigenvalue weighted by Crippen LogP contribution is -2.34. The molecule has 0 aliphatic carbocycles. The van der Waals surface area contributed by atoms with Crippen molar-refractivity contribution in [3.8, 4) is 0 Å². The number of aromatic nitrogens is 1. The maximum Gasteiger partial charge on any atom is 0.330 e. The van der Waals surface area contributed by atoms with Crippen LogP contribution in [0.15, 0.2) is 24.3 Å². The minimum Gasteiger partial charge on any atom is -0.479 e. The molecule has 0 saturated carbocycles. The van der Waals surface area contributed by atoms with Crippen molar-refractivity contribution < 1.29 is 14.7 Å². The summed E-state index contributed by atoms with van der Waals surface area (Å²) in [6.45, 7) is 10.5. The average molecular weight is 328 g/mol. The number of amides is 1. The van der Waals surface area contributed by atoms with E-state index >= 15 is 0 Å². The zero-order valence-corrected chi connectivity index (χ0v) is 14.8. The molecule has 0 aliphatic rings. The van der Waals surface area contributed by atoms with Crippen molar-refractivity contribution in [2.75, 3.05) is 0 Å². The number of aliphatic carboxylic acids is 1. The van der Waals surface area contributed by atoms with Crippen molar-refractivity contribution in [1.82, 2.24) is 9.88 Å². The van der Waals surface area contributed by atoms with Gasteiger partial charge in [-0.1, -0.05) is 18.2 Å². The minimum absolute atomic E-state index is 0.367. The molecule has 0 radical (unpaired) electrons. The van der Waals surface area contributed by atoms with Gasteiger partial charge in [-0.25, -0.2) is 4.79 Å². The van der Waals surface area contributed by atoms with Crippen LogP contribution in [0.4, 0.5) is 0 Å². The van der Waals surface area contributed by atoms with E-state index in [-0.39, 0.29) is 5.91 Å². The van der Waals surface area contributed by atoms with Crippen LogP contribution < -0.4 is 5.32 Å². The Morgan fingerprint density at radius 2 is 1.79 bits per heavy atom. The third-order valence-corrected chi connectivity index (χ3v) is 4.52. The zero-order valence-electron chi connectivity index (χ0n) is 14.8. The van der Waals surface area contributed by atoms with Crippen LogP contribution in [0.5, 0.6) is 0 Å². The third kappa shape index (κ3) is 3.35. The second-order valence-electron chi connectivity index (χ2n) is 6.12. The Labute approximate surface area is 142 Å². The number of nitrogens with one attached hydrogen (secondary N) is 1. The molecule has 0 saturated heterocycles. The number of nitrogens with zero attached hydrogens (tertiary/aromatic N) is 1. The van der Waals surface area contributed by atoms with Crippen LogP contribution in [0.3, 0.4) is 0 Å². The standard InChI is InChI=1S/C19H24N2O3/c1-6-21-13(4)10-16(14(21)5)18(22)20-17(19(23)24)15-8-7-11(2)12(3)9-15/h7-10,17H,6H2,1-5H3,(H,20,22)(H,23,24). The Morgan fingerprint density at radius 3 is 2.29 bits per heavy atom. The largest absolute Gasteiger partial charge is 0.479 e. The molecule has 2 aromatic rings. The summed E-state index contributed by atoms with van der Waals surface area (Å²) in [5.74, 6) is -1.44.